The Labute approximate surface area is 170 Å². The van der Waals surface area contributed by atoms with E-state index in [1.807, 2.05) is 37.3 Å². The van der Waals surface area contributed by atoms with Gasteiger partial charge >= 0.3 is 0 Å². The number of methoxy groups -OCH3 is 1. The van der Waals surface area contributed by atoms with Crippen molar-refractivity contribution < 1.29 is 9.15 Å². The number of aromatic amines is 1. The number of halogens is 1. The van der Waals surface area contributed by atoms with Gasteiger partial charge in [-0.05, 0) is 37.3 Å². The zero-order valence-electron chi connectivity index (χ0n) is 15.1. The molecule has 2 aromatic heterocycles. The third kappa shape index (κ3) is 3.88. The van der Waals surface area contributed by atoms with Gasteiger partial charge in [0.05, 0.1) is 17.9 Å². The van der Waals surface area contributed by atoms with Crippen LogP contribution in [-0.4, -0.2) is 32.5 Å². The van der Waals surface area contributed by atoms with E-state index in [0.717, 1.165) is 11.1 Å². The van der Waals surface area contributed by atoms with E-state index in [4.69, 9.17) is 20.8 Å². The number of H-pyrrole nitrogens is 1. The standard InChI is InChI=1S/C19H16ClN5O2S/c1-11(17-23-24-18(27-17)12-6-4-3-5-7-12)28-19-21-16(22-25-19)14-10-13(20)8-9-15(14)26-2/h3-11H,1-2H3,(H,21,22,25)/t11-/m0/s1. The van der Waals surface area contributed by atoms with Crippen molar-refractivity contribution >= 4 is 23.4 Å². The van der Waals surface area contributed by atoms with E-state index in [1.165, 1.54) is 11.8 Å². The average Bonchev–Trinajstić information content (AvgIpc) is 3.38. The molecule has 0 bridgehead atoms. The molecule has 0 aliphatic carbocycles. The Bertz CT molecular complexity index is 1080. The van der Waals surface area contributed by atoms with E-state index in [1.54, 1.807) is 25.3 Å². The lowest BCUT2D eigenvalue weighted by atomic mass is 10.2. The first kappa shape index (κ1) is 18.5. The lowest BCUT2D eigenvalue weighted by Gasteiger charge is -2.05. The topological polar surface area (TPSA) is 89.7 Å². The predicted octanol–water partition coefficient (Wildman–Crippen LogP) is 5.04. The number of thioether (sulfide) groups is 1. The average molecular weight is 414 g/mol. The largest absolute Gasteiger partial charge is 0.496 e. The van der Waals surface area contributed by atoms with E-state index in [-0.39, 0.29) is 5.25 Å². The Balaban J connectivity index is 1.52. The van der Waals surface area contributed by atoms with Gasteiger partial charge in [0.1, 0.15) is 5.75 Å². The summed E-state index contributed by atoms with van der Waals surface area (Å²) in [6.45, 7) is 1.96. The maximum absolute atomic E-state index is 6.10. The molecule has 28 heavy (non-hydrogen) atoms. The normalized spacial score (nSPS) is 12.1. The number of rotatable bonds is 6. The summed E-state index contributed by atoms with van der Waals surface area (Å²) in [5.74, 6) is 2.23. The van der Waals surface area contributed by atoms with Gasteiger partial charge in [-0.25, -0.2) is 4.98 Å². The molecule has 0 aliphatic rings. The SMILES string of the molecule is COc1ccc(Cl)cc1-c1nc(S[C@@H](C)c2nnc(-c3ccccc3)o2)n[nH]1. The molecular formula is C19H16ClN5O2S. The van der Waals surface area contributed by atoms with Crippen LogP contribution in [0.3, 0.4) is 0 Å². The Morgan fingerprint density at radius 2 is 1.96 bits per heavy atom. The van der Waals surface area contributed by atoms with Crippen molar-refractivity contribution in [1.82, 2.24) is 25.4 Å². The minimum absolute atomic E-state index is 0.116. The van der Waals surface area contributed by atoms with Crippen molar-refractivity contribution in [2.75, 3.05) is 7.11 Å². The van der Waals surface area contributed by atoms with E-state index < -0.39 is 0 Å². The van der Waals surface area contributed by atoms with Crippen LogP contribution in [0, 0.1) is 0 Å². The molecule has 0 amide bonds. The molecule has 1 N–H and O–H groups in total. The molecular weight excluding hydrogens is 398 g/mol. The van der Waals surface area contributed by atoms with Crippen LogP contribution in [0.25, 0.3) is 22.8 Å². The molecule has 0 fully saturated rings. The monoisotopic (exact) mass is 413 g/mol. The maximum atomic E-state index is 6.10. The molecule has 0 saturated heterocycles. The second-order valence-electron chi connectivity index (χ2n) is 5.88. The van der Waals surface area contributed by atoms with E-state index in [0.29, 0.717) is 33.5 Å². The summed E-state index contributed by atoms with van der Waals surface area (Å²) >= 11 is 7.51. The van der Waals surface area contributed by atoms with Crippen molar-refractivity contribution in [3.63, 3.8) is 0 Å². The lowest BCUT2D eigenvalue weighted by Crippen LogP contribution is -1.90. The highest BCUT2D eigenvalue weighted by atomic mass is 35.5. The number of hydrogen-bond acceptors (Lipinski definition) is 7. The summed E-state index contributed by atoms with van der Waals surface area (Å²) in [5.41, 5.74) is 1.62. The van der Waals surface area contributed by atoms with Gasteiger partial charge < -0.3 is 9.15 Å². The summed E-state index contributed by atoms with van der Waals surface area (Å²) in [6, 6.07) is 15.0. The van der Waals surface area contributed by atoms with Crippen molar-refractivity contribution in [2.24, 2.45) is 0 Å². The van der Waals surface area contributed by atoms with Crippen molar-refractivity contribution in [2.45, 2.75) is 17.3 Å². The second kappa shape index (κ2) is 8.04. The highest BCUT2D eigenvalue weighted by Gasteiger charge is 2.19. The maximum Gasteiger partial charge on any atom is 0.247 e. The van der Waals surface area contributed by atoms with Crippen LogP contribution in [-0.2, 0) is 0 Å². The first-order valence-corrected chi connectivity index (χ1v) is 9.71. The summed E-state index contributed by atoms with van der Waals surface area (Å²) in [7, 11) is 1.60. The Morgan fingerprint density at radius 1 is 1.14 bits per heavy atom. The van der Waals surface area contributed by atoms with Gasteiger partial charge in [0.2, 0.25) is 16.9 Å². The van der Waals surface area contributed by atoms with Gasteiger partial charge in [-0.2, -0.15) is 0 Å². The fourth-order valence-electron chi connectivity index (χ4n) is 2.59. The number of nitrogens with zero attached hydrogens (tertiary/aromatic N) is 4. The Hall–Kier alpha value is -2.84. The van der Waals surface area contributed by atoms with Crippen LogP contribution in [0.15, 0.2) is 58.1 Å². The van der Waals surface area contributed by atoms with Crippen LogP contribution in [0.2, 0.25) is 5.02 Å². The molecule has 2 heterocycles. The molecule has 1 atom stereocenters. The summed E-state index contributed by atoms with van der Waals surface area (Å²) in [6.07, 6.45) is 0. The van der Waals surface area contributed by atoms with Gasteiger partial charge in [-0.3, -0.25) is 5.10 Å². The van der Waals surface area contributed by atoms with Crippen molar-refractivity contribution in [3.05, 3.63) is 59.4 Å². The van der Waals surface area contributed by atoms with Crippen molar-refractivity contribution in [3.8, 4) is 28.6 Å². The third-order valence-corrected chi connectivity index (χ3v) is 5.16. The number of hydrogen-bond donors (Lipinski definition) is 1. The molecule has 4 aromatic rings. The summed E-state index contributed by atoms with van der Waals surface area (Å²) in [5, 5.41) is 16.5. The molecule has 0 saturated carbocycles. The molecule has 0 unspecified atom stereocenters. The molecule has 0 spiro atoms. The van der Waals surface area contributed by atoms with Gasteiger partial charge in [0.15, 0.2) is 5.82 Å². The first-order chi connectivity index (χ1) is 13.6. The molecule has 4 rings (SSSR count). The molecule has 9 heteroatoms. The number of ether oxygens (including phenoxy) is 1. The minimum atomic E-state index is -0.116. The Morgan fingerprint density at radius 3 is 2.75 bits per heavy atom. The smallest absolute Gasteiger partial charge is 0.247 e. The Kier molecular flexibility index (Phi) is 5.31. The fourth-order valence-corrected chi connectivity index (χ4v) is 3.52. The lowest BCUT2D eigenvalue weighted by molar-refractivity contribution is 0.416. The molecule has 0 aliphatic heterocycles. The summed E-state index contributed by atoms with van der Waals surface area (Å²) < 4.78 is 11.2. The van der Waals surface area contributed by atoms with Crippen LogP contribution >= 0.6 is 23.4 Å². The van der Waals surface area contributed by atoms with E-state index in [9.17, 15) is 0 Å². The number of nitrogens with one attached hydrogen (secondary N) is 1. The van der Waals surface area contributed by atoms with E-state index in [2.05, 4.69) is 25.4 Å². The predicted molar refractivity (Wildman–Crippen MR) is 107 cm³/mol. The van der Waals surface area contributed by atoms with Crippen molar-refractivity contribution in [1.29, 1.82) is 0 Å². The molecule has 142 valence electrons. The second-order valence-corrected chi connectivity index (χ2v) is 7.63. The third-order valence-electron chi connectivity index (χ3n) is 3.97. The molecule has 7 nitrogen and oxygen atoms in total. The number of benzene rings is 2. The van der Waals surface area contributed by atoms with Crippen LogP contribution in [0.1, 0.15) is 18.1 Å². The molecule has 2 aromatic carbocycles. The quantitative estimate of drug-likeness (QED) is 0.443. The van der Waals surface area contributed by atoms with E-state index >= 15 is 0 Å². The minimum Gasteiger partial charge on any atom is -0.496 e. The fraction of sp³-hybridized carbons (Fsp3) is 0.158. The van der Waals surface area contributed by atoms with Gasteiger partial charge in [-0.15, -0.1) is 15.3 Å². The zero-order chi connectivity index (χ0) is 19.5. The number of aromatic nitrogens is 5. The van der Waals surface area contributed by atoms with Crippen LogP contribution in [0.5, 0.6) is 5.75 Å². The highest BCUT2D eigenvalue weighted by molar-refractivity contribution is 7.99. The zero-order valence-corrected chi connectivity index (χ0v) is 16.7. The first-order valence-electron chi connectivity index (χ1n) is 8.46. The van der Waals surface area contributed by atoms with Crippen LogP contribution < -0.4 is 4.74 Å². The van der Waals surface area contributed by atoms with Gasteiger partial charge in [-0.1, -0.05) is 41.6 Å². The molecule has 0 radical (unpaired) electrons. The van der Waals surface area contributed by atoms with Gasteiger partial charge in [0, 0.05) is 10.6 Å². The highest BCUT2D eigenvalue weighted by Crippen LogP contribution is 2.35. The van der Waals surface area contributed by atoms with Gasteiger partial charge in [0.25, 0.3) is 0 Å². The summed E-state index contributed by atoms with van der Waals surface area (Å²) in [4.78, 5) is 4.53. The van der Waals surface area contributed by atoms with Crippen LogP contribution in [0.4, 0.5) is 0 Å².